The molecule has 2 aromatic rings. The maximum atomic E-state index is 13.2. The molecular formula is C24H25Cl3O10S. The van der Waals surface area contributed by atoms with Crippen LogP contribution < -0.4 is 9.47 Å². The zero-order valence-electron chi connectivity index (χ0n) is 20.6. The lowest BCUT2D eigenvalue weighted by Crippen LogP contribution is -2.30. The van der Waals surface area contributed by atoms with E-state index in [4.69, 9.17) is 58.5 Å². The predicted octanol–water partition coefficient (Wildman–Crippen LogP) is 4.25. The van der Waals surface area contributed by atoms with Gasteiger partial charge in [0, 0.05) is 20.8 Å². The smallest absolute Gasteiger partial charge is 0.303 e. The average Bonchev–Trinajstić information content (AvgIpc) is 2.83. The lowest BCUT2D eigenvalue weighted by molar-refractivity contribution is -0.158. The Bertz CT molecular complexity index is 1230. The van der Waals surface area contributed by atoms with Gasteiger partial charge in [-0.15, -0.1) is 11.6 Å². The highest BCUT2D eigenvalue weighted by Crippen LogP contribution is 2.37. The monoisotopic (exact) mass is 610 g/mol. The third kappa shape index (κ3) is 9.54. The Labute approximate surface area is 234 Å². The van der Waals surface area contributed by atoms with Crippen LogP contribution in [0.3, 0.4) is 0 Å². The zero-order chi connectivity index (χ0) is 28.5. The molecule has 0 aromatic heterocycles. The summed E-state index contributed by atoms with van der Waals surface area (Å²) >= 11 is 18.3. The predicted molar refractivity (Wildman–Crippen MR) is 138 cm³/mol. The fraction of sp³-hybridized carbons (Fsp3) is 0.375. The summed E-state index contributed by atoms with van der Waals surface area (Å²) in [5.41, 5.74) is 0. The summed E-state index contributed by atoms with van der Waals surface area (Å²) in [5, 5.41) is -0.217. The van der Waals surface area contributed by atoms with Crippen molar-refractivity contribution >= 4 is 62.5 Å². The Balaban J connectivity index is 2.15. The first-order chi connectivity index (χ1) is 17.8. The molecule has 0 fully saturated rings. The number of rotatable bonds is 13. The van der Waals surface area contributed by atoms with Crippen LogP contribution in [0.5, 0.6) is 11.5 Å². The van der Waals surface area contributed by atoms with E-state index in [2.05, 4.69) is 0 Å². The number of carbonyl (C=O) groups excluding carboxylic acids is 3. The van der Waals surface area contributed by atoms with Crippen molar-refractivity contribution in [2.24, 2.45) is 0 Å². The Hall–Kier alpha value is -2.73. The molecule has 0 amide bonds. The summed E-state index contributed by atoms with van der Waals surface area (Å²) in [6.07, 6.45) is -1.60. The van der Waals surface area contributed by atoms with Gasteiger partial charge in [-0.3, -0.25) is 14.4 Å². The summed E-state index contributed by atoms with van der Waals surface area (Å²) in [6, 6.07) is 7.86. The molecule has 0 spiro atoms. The first kappa shape index (κ1) is 31.5. The number of halogens is 3. The molecule has 10 nitrogen and oxygen atoms in total. The largest absolute Gasteiger partial charge is 0.490 e. The number of alkyl halides is 1. The average molecular weight is 612 g/mol. The van der Waals surface area contributed by atoms with Gasteiger partial charge in [-0.1, -0.05) is 23.2 Å². The van der Waals surface area contributed by atoms with Crippen LogP contribution in [0.4, 0.5) is 0 Å². The normalized spacial score (nSPS) is 12.7. The van der Waals surface area contributed by atoms with E-state index in [1.165, 1.54) is 57.2 Å². The fourth-order valence-electron chi connectivity index (χ4n) is 2.95. The summed E-state index contributed by atoms with van der Waals surface area (Å²) in [7, 11) is -4.03. The number of sulfone groups is 1. The van der Waals surface area contributed by atoms with Gasteiger partial charge >= 0.3 is 17.9 Å². The maximum absolute atomic E-state index is 13.2. The molecule has 0 bridgehead atoms. The third-order valence-electron chi connectivity index (χ3n) is 4.58. The van der Waals surface area contributed by atoms with Gasteiger partial charge in [0.05, 0.1) is 25.7 Å². The summed E-state index contributed by atoms with van der Waals surface area (Å²) in [4.78, 5) is 33.2. The molecule has 0 saturated heterocycles. The second-order valence-corrected chi connectivity index (χ2v) is 10.8. The maximum Gasteiger partial charge on any atom is 0.303 e. The van der Waals surface area contributed by atoms with E-state index in [1.54, 1.807) is 0 Å². The van der Waals surface area contributed by atoms with Crippen LogP contribution in [0.15, 0.2) is 46.2 Å². The van der Waals surface area contributed by atoms with Crippen molar-refractivity contribution in [2.45, 2.75) is 42.8 Å². The van der Waals surface area contributed by atoms with Gasteiger partial charge in [0.1, 0.15) is 31.7 Å². The van der Waals surface area contributed by atoms with Crippen LogP contribution >= 0.6 is 34.8 Å². The lowest BCUT2D eigenvalue weighted by Gasteiger charge is -2.19. The van der Waals surface area contributed by atoms with E-state index in [0.29, 0.717) is 5.75 Å². The third-order valence-corrected chi connectivity index (χ3v) is 7.23. The Morgan fingerprint density at radius 2 is 1.29 bits per heavy atom. The number of hydrogen-bond donors (Lipinski definition) is 0. The van der Waals surface area contributed by atoms with Crippen molar-refractivity contribution in [1.82, 2.24) is 0 Å². The van der Waals surface area contributed by atoms with Gasteiger partial charge in [-0.2, -0.15) is 0 Å². The molecule has 0 aliphatic rings. The molecule has 0 N–H and O–H groups in total. The molecule has 208 valence electrons. The minimum absolute atomic E-state index is 0.0129. The van der Waals surface area contributed by atoms with E-state index >= 15 is 0 Å². The first-order valence-corrected chi connectivity index (χ1v) is 13.7. The highest BCUT2D eigenvalue weighted by Gasteiger charge is 2.23. The minimum atomic E-state index is -4.03. The van der Waals surface area contributed by atoms with E-state index in [0.717, 1.165) is 0 Å². The van der Waals surface area contributed by atoms with E-state index in [9.17, 15) is 22.8 Å². The summed E-state index contributed by atoms with van der Waals surface area (Å²) in [5.74, 6) is -1.37. The van der Waals surface area contributed by atoms with E-state index < -0.39 is 40.0 Å². The van der Waals surface area contributed by atoms with Gasteiger partial charge in [0.15, 0.2) is 11.9 Å². The van der Waals surface area contributed by atoms with Crippen LogP contribution in [0.25, 0.3) is 0 Å². The van der Waals surface area contributed by atoms with Crippen molar-refractivity contribution in [3.05, 3.63) is 46.4 Å². The van der Waals surface area contributed by atoms with Crippen molar-refractivity contribution in [2.75, 3.05) is 25.7 Å². The van der Waals surface area contributed by atoms with E-state index in [1.807, 2.05) is 0 Å². The summed E-state index contributed by atoms with van der Waals surface area (Å²) in [6.45, 7) is 3.10. The number of ether oxygens (including phenoxy) is 5. The highest BCUT2D eigenvalue weighted by atomic mass is 35.5. The van der Waals surface area contributed by atoms with Crippen molar-refractivity contribution in [3.63, 3.8) is 0 Å². The molecule has 2 aromatic carbocycles. The van der Waals surface area contributed by atoms with Crippen molar-refractivity contribution < 1.29 is 46.5 Å². The molecule has 0 aliphatic heterocycles. The second kappa shape index (κ2) is 14.4. The van der Waals surface area contributed by atoms with Crippen LogP contribution in [0.2, 0.25) is 10.0 Å². The summed E-state index contributed by atoms with van der Waals surface area (Å²) < 4.78 is 52.2. The molecule has 2 rings (SSSR count). The Kier molecular flexibility index (Phi) is 12.0. The van der Waals surface area contributed by atoms with Gasteiger partial charge in [0.2, 0.25) is 9.84 Å². The Morgan fingerprint density at radius 1 is 0.763 bits per heavy atom. The van der Waals surface area contributed by atoms with E-state index in [-0.39, 0.29) is 51.3 Å². The molecule has 0 aliphatic carbocycles. The molecule has 0 radical (unpaired) electrons. The molecule has 2 atom stereocenters. The van der Waals surface area contributed by atoms with Gasteiger partial charge < -0.3 is 23.7 Å². The lowest BCUT2D eigenvalue weighted by atomic mass is 10.3. The van der Waals surface area contributed by atoms with Gasteiger partial charge in [-0.05, 0) is 36.4 Å². The highest BCUT2D eigenvalue weighted by molar-refractivity contribution is 7.91. The number of benzene rings is 2. The van der Waals surface area contributed by atoms with Gasteiger partial charge in [0.25, 0.3) is 0 Å². The molecule has 0 heterocycles. The number of hydrogen-bond acceptors (Lipinski definition) is 10. The molecule has 14 heteroatoms. The molecule has 0 unspecified atom stereocenters. The number of carbonyl (C=O) groups is 3. The van der Waals surface area contributed by atoms with Crippen molar-refractivity contribution in [3.8, 4) is 11.5 Å². The standard InChI is InChI=1S/C24H25Cl3O10S/c1-14(28)33-12-19(37-16(3)30)13-35-24-22(26)8-21(9-23(24)27)38(31,32)20-6-4-17(5-7-20)34-11-18(10-25)36-15(2)29/h4-9,18-19H,10-13H2,1-3H3/t18-,19-/m0/s1. The SMILES string of the molecule is CC(=O)OC[C@@H](COc1c(Cl)cc(S(=O)(=O)c2ccc(OC[C@H](CCl)OC(C)=O)cc2)cc1Cl)OC(C)=O. The van der Waals surface area contributed by atoms with Crippen LogP contribution in [-0.4, -0.2) is 64.2 Å². The van der Waals surface area contributed by atoms with Crippen molar-refractivity contribution in [1.29, 1.82) is 0 Å². The topological polar surface area (TPSA) is 132 Å². The van der Waals surface area contributed by atoms with Crippen LogP contribution in [-0.2, 0) is 38.4 Å². The molecule has 38 heavy (non-hydrogen) atoms. The first-order valence-electron chi connectivity index (χ1n) is 11.0. The quantitative estimate of drug-likeness (QED) is 0.184. The second-order valence-electron chi connectivity index (χ2n) is 7.73. The van der Waals surface area contributed by atoms with Crippen LogP contribution in [0.1, 0.15) is 20.8 Å². The number of esters is 3. The minimum Gasteiger partial charge on any atom is -0.490 e. The zero-order valence-corrected chi connectivity index (χ0v) is 23.7. The molecular weight excluding hydrogens is 587 g/mol. The van der Waals surface area contributed by atoms with Gasteiger partial charge in [-0.25, -0.2) is 8.42 Å². The fourth-order valence-corrected chi connectivity index (χ4v) is 5.14. The van der Waals surface area contributed by atoms with Crippen LogP contribution in [0, 0.1) is 0 Å². The Morgan fingerprint density at radius 3 is 1.79 bits per heavy atom. The molecule has 0 saturated carbocycles.